The zero-order valence-corrected chi connectivity index (χ0v) is 5.72. The molecule has 1 rings (SSSR count). The second kappa shape index (κ2) is 2.97. The molecular formula is C7H12O2. The van der Waals surface area contributed by atoms with E-state index in [-0.39, 0.29) is 6.10 Å². The van der Waals surface area contributed by atoms with Crippen LogP contribution in [0.3, 0.4) is 0 Å². The van der Waals surface area contributed by atoms with E-state index in [1.807, 2.05) is 0 Å². The quantitative estimate of drug-likeness (QED) is 0.529. The molecule has 2 nitrogen and oxygen atoms in total. The molecule has 0 heterocycles. The van der Waals surface area contributed by atoms with Crippen LogP contribution in [0, 0.1) is 0 Å². The van der Waals surface area contributed by atoms with E-state index in [4.69, 9.17) is 4.74 Å². The van der Waals surface area contributed by atoms with Crippen LogP contribution in [0.25, 0.3) is 0 Å². The van der Waals surface area contributed by atoms with Gasteiger partial charge in [0.05, 0.1) is 6.10 Å². The minimum atomic E-state index is 0.214. The molecule has 0 spiro atoms. The van der Waals surface area contributed by atoms with Crippen molar-refractivity contribution in [2.45, 2.75) is 31.8 Å². The summed E-state index contributed by atoms with van der Waals surface area (Å²) < 4.78 is 5.04. The van der Waals surface area contributed by atoms with Gasteiger partial charge >= 0.3 is 0 Å². The number of hydrogen-bond acceptors (Lipinski definition) is 2. The molecule has 2 heteroatoms. The molecule has 0 unspecified atom stereocenters. The fourth-order valence-corrected chi connectivity index (χ4v) is 1.19. The number of methoxy groups -OCH3 is 1. The van der Waals surface area contributed by atoms with Gasteiger partial charge in [-0.25, -0.2) is 0 Å². The van der Waals surface area contributed by atoms with Gasteiger partial charge in [0.2, 0.25) is 0 Å². The van der Waals surface area contributed by atoms with E-state index in [2.05, 4.69) is 0 Å². The molecule has 1 atom stereocenters. The molecule has 1 saturated carbocycles. The normalized spacial score (nSPS) is 28.6. The van der Waals surface area contributed by atoms with Crippen molar-refractivity contribution in [3.05, 3.63) is 0 Å². The smallest absolute Gasteiger partial charge is 0.135 e. The van der Waals surface area contributed by atoms with Gasteiger partial charge in [-0.2, -0.15) is 0 Å². The molecule has 0 aromatic heterocycles. The van der Waals surface area contributed by atoms with Crippen molar-refractivity contribution in [1.29, 1.82) is 0 Å². The van der Waals surface area contributed by atoms with Crippen LogP contribution >= 0.6 is 0 Å². The van der Waals surface area contributed by atoms with Crippen molar-refractivity contribution in [3.8, 4) is 0 Å². The van der Waals surface area contributed by atoms with Crippen LogP contribution in [-0.4, -0.2) is 19.0 Å². The van der Waals surface area contributed by atoms with Crippen LogP contribution in [0.2, 0.25) is 0 Å². The maximum Gasteiger partial charge on any atom is 0.135 e. The first kappa shape index (κ1) is 6.75. The van der Waals surface area contributed by atoms with Crippen LogP contribution < -0.4 is 0 Å². The van der Waals surface area contributed by atoms with E-state index < -0.39 is 0 Å². The number of hydrogen-bond donors (Lipinski definition) is 0. The molecule has 1 aliphatic rings. The van der Waals surface area contributed by atoms with Gasteiger partial charge < -0.3 is 4.74 Å². The summed E-state index contributed by atoms with van der Waals surface area (Å²) in [5.74, 6) is 0.355. The van der Waals surface area contributed by atoms with Gasteiger partial charge in [0, 0.05) is 20.0 Å². The summed E-state index contributed by atoms with van der Waals surface area (Å²) in [6, 6.07) is 0. The van der Waals surface area contributed by atoms with Gasteiger partial charge in [-0.1, -0.05) is 0 Å². The Morgan fingerprint density at radius 3 is 2.89 bits per heavy atom. The monoisotopic (exact) mass is 128 g/mol. The van der Waals surface area contributed by atoms with Crippen molar-refractivity contribution in [1.82, 2.24) is 0 Å². The maximum absolute atomic E-state index is 10.8. The fourth-order valence-electron chi connectivity index (χ4n) is 1.19. The summed E-state index contributed by atoms with van der Waals surface area (Å²) in [5, 5.41) is 0. The molecule has 52 valence electrons. The number of carbonyl (C=O) groups is 1. The number of carbonyl (C=O) groups excluding carboxylic acids is 1. The van der Waals surface area contributed by atoms with Crippen LogP contribution in [0.5, 0.6) is 0 Å². The highest BCUT2D eigenvalue weighted by atomic mass is 16.5. The Morgan fingerprint density at radius 2 is 2.44 bits per heavy atom. The lowest BCUT2D eigenvalue weighted by Crippen LogP contribution is -2.20. The predicted molar refractivity (Wildman–Crippen MR) is 34.3 cm³/mol. The van der Waals surface area contributed by atoms with Crippen molar-refractivity contribution >= 4 is 5.78 Å². The van der Waals surface area contributed by atoms with Crippen LogP contribution in [0.4, 0.5) is 0 Å². The highest BCUT2D eigenvalue weighted by molar-refractivity contribution is 5.79. The van der Waals surface area contributed by atoms with Gasteiger partial charge in [0.25, 0.3) is 0 Å². The first-order valence-corrected chi connectivity index (χ1v) is 3.37. The van der Waals surface area contributed by atoms with E-state index in [1.165, 1.54) is 0 Å². The molecule has 0 N–H and O–H groups in total. The maximum atomic E-state index is 10.8. The first-order valence-electron chi connectivity index (χ1n) is 3.37. The molecule has 0 bridgehead atoms. The molecule has 0 aliphatic heterocycles. The lowest BCUT2D eigenvalue weighted by molar-refractivity contribution is -0.123. The molecule has 0 aromatic rings. The molecule has 1 aliphatic carbocycles. The van der Waals surface area contributed by atoms with E-state index in [0.29, 0.717) is 12.2 Å². The number of ketones is 1. The summed E-state index contributed by atoms with van der Waals surface area (Å²) in [6.07, 6.45) is 3.68. The average Bonchev–Trinajstić information content (AvgIpc) is 1.88. The van der Waals surface area contributed by atoms with Gasteiger partial charge in [-0.05, 0) is 12.8 Å². The Labute approximate surface area is 55.2 Å². The Morgan fingerprint density at radius 1 is 1.67 bits per heavy atom. The summed E-state index contributed by atoms with van der Waals surface area (Å²) in [4.78, 5) is 10.8. The highest BCUT2D eigenvalue weighted by Gasteiger charge is 2.17. The second-order valence-electron chi connectivity index (χ2n) is 2.49. The van der Waals surface area contributed by atoms with E-state index >= 15 is 0 Å². The third-order valence-corrected chi connectivity index (χ3v) is 1.77. The average molecular weight is 128 g/mol. The molecule has 9 heavy (non-hydrogen) atoms. The van der Waals surface area contributed by atoms with Gasteiger partial charge in [0.15, 0.2) is 0 Å². The van der Waals surface area contributed by atoms with E-state index in [1.54, 1.807) is 7.11 Å². The minimum Gasteiger partial charge on any atom is -0.381 e. The largest absolute Gasteiger partial charge is 0.381 e. The number of Topliss-reactive ketones (excluding diaryl/α,β-unsaturated/α-hetero) is 1. The Kier molecular flexibility index (Phi) is 2.22. The van der Waals surface area contributed by atoms with Crippen molar-refractivity contribution in [2.24, 2.45) is 0 Å². The van der Waals surface area contributed by atoms with Gasteiger partial charge in [-0.15, -0.1) is 0 Å². The molecular weight excluding hydrogens is 116 g/mol. The summed E-state index contributed by atoms with van der Waals surface area (Å²) >= 11 is 0. The lowest BCUT2D eigenvalue weighted by atomic mass is 9.97. The lowest BCUT2D eigenvalue weighted by Gasteiger charge is -2.18. The topological polar surface area (TPSA) is 26.3 Å². The Bertz CT molecular complexity index is 109. The van der Waals surface area contributed by atoms with E-state index in [0.717, 1.165) is 19.3 Å². The molecule has 1 fully saturated rings. The SMILES string of the molecule is CO[C@@H]1CCCC(=O)C1. The molecule has 0 radical (unpaired) electrons. The molecule has 0 amide bonds. The molecule has 0 saturated heterocycles. The predicted octanol–water partition coefficient (Wildman–Crippen LogP) is 1.14. The van der Waals surface area contributed by atoms with Crippen molar-refractivity contribution in [3.63, 3.8) is 0 Å². The summed E-state index contributed by atoms with van der Waals surface area (Å²) in [5.41, 5.74) is 0. The first-order chi connectivity index (χ1) is 4.33. The molecule has 0 aromatic carbocycles. The Hall–Kier alpha value is -0.370. The highest BCUT2D eigenvalue weighted by Crippen LogP contribution is 2.16. The van der Waals surface area contributed by atoms with Crippen molar-refractivity contribution in [2.75, 3.05) is 7.11 Å². The van der Waals surface area contributed by atoms with Crippen LogP contribution in [-0.2, 0) is 9.53 Å². The van der Waals surface area contributed by atoms with Crippen LogP contribution in [0.15, 0.2) is 0 Å². The van der Waals surface area contributed by atoms with Gasteiger partial charge in [0.1, 0.15) is 5.78 Å². The third-order valence-electron chi connectivity index (χ3n) is 1.77. The minimum absolute atomic E-state index is 0.214. The van der Waals surface area contributed by atoms with Gasteiger partial charge in [-0.3, -0.25) is 4.79 Å². The van der Waals surface area contributed by atoms with E-state index in [9.17, 15) is 4.79 Å². The standard InChI is InChI=1S/C7H12O2/c1-9-7-4-2-3-6(8)5-7/h7H,2-5H2,1H3/t7-/m1/s1. The zero-order chi connectivity index (χ0) is 6.69. The summed E-state index contributed by atoms with van der Waals surface area (Å²) in [6.45, 7) is 0. The number of rotatable bonds is 1. The third kappa shape index (κ3) is 1.79. The fraction of sp³-hybridized carbons (Fsp3) is 0.857. The number of ether oxygens (including phenoxy) is 1. The Balaban J connectivity index is 2.32. The second-order valence-corrected chi connectivity index (χ2v) is 2.49. The summed E-state index contributed by atoms with van der Waals surface area (Å²) in [7, 11) is 1.67. The zero-order valence-electron chi connectivity index (χ0n) is 5.72. The van der Waals surface area contributed by atoms with Crippen molar-refractivity contribution < 1.29 is 9.53 Å². The van der Waals surface area contributed by atoms with Crippen LogP contribution in [0.1, 0.15) is 25.7 Å².